The molecule has 1 N–H and O–H groups in total. The smallest absolute Gasteiger partial charge is 0.192 e. The summed E-state index contributed by atoms with van der Waals surface area (Å²) >= 11 is 0. The fourth-order valence-electron chi connectivity index (χ4n) is 2.11. The normalized spacial score (nSPS) is 13.0. The van der Waals surface area contributed by atoms with Gasteiger partial charge < -0.3 is 9.84 Å². The van der Waals surface area contributed by atoms with E-state index >= 15 is 0 Å². The van der Waals surface area contributed by atoms with Crippen LogP contribution in [0.25, 0.3) is 0 Å². The van der Waals surface area contributed by atoms with Crippen LogP contribution in [0.2, 0.25) is 0 Å². The highest BCUT2D eigenvalue weighted by molar-refractivity contribution is 6.00. The van der Waals surface area contributed by atoms with Crippen LogP contribution in [0.4, 0.5) is 0 Å². The first-order valence-electron chi connectivity index (χ1n) is 6.54. The van der Waals surface area contributed by atoms with Crippen molar-refractivity contribution >= 4 is 5.78 Å². The summed E-state index contributed by atoms with van der Waals surface area (Å²) in [7, 11) is 1.55. The van der Waals surface area contributed by atoms with Gasteiger partial charge in [0.2, 0.25) is 0 Å². The first-order chi connectivity index (χ1) is 10.2. The fourth-order valence-corrected chi connectivity index (χ4v) is 2.11. The predicted octanol–water partition coefficient (Wildman–Crippen LogP) is 2.66. The van der Waals surface area contributed by atoms with Crippen LogP contribution < -0.4 is 4.74 Å². The Bertz CT molecular complexity index is 638. The Labute approximate surface area is 124 Å². The van der Waals surface area contributed by atoms with Crippen LogP contribution in [0.15, 0.2) is 54.6 Å². The van der Waals surface area contributed by atoms with E-state index in [-0.39, 0.29) is 0 Å². The van der Waals surface area contributed by atoms with E-state index in [2.05, 4.69) is 5.92 Å². The zero-order chi connectivity index (χ0) is 15.2. The van der Waals surface area contributed by atoms with E-state index in [0.29, 0.717) is 11.3 Å². The van der Waals surface area contributed by atoms with Crippen LogP contribution in [0.3, 0.4) is 0 Å². The number of ether oxygens (including phenoxy) is 1. The van der Waals surface area contributed by atoms with Gasteiger partial charge in [-0.3, -0.25) is 4.79 Å². The lowest BCUT2D eigenvalue weighted by Crippen LogP contribution is -2.27. The number of carbonyl (C=O) groups excluding carboxylic acids is 1. The van der Waals surface area contributed by atoms with Gasteiger partial charge >= 0.3 is 0 Å². The van der Waals surface area contributed by atoms with Crippen molar-refractivity contribution in [3.8, 4) is 18.1 Å². The predicted molar refractivity (Wildman–Crippen MR) is 81.3 cm³/mol. The molecular weight excluding hydrogens is 264 g/mol. The van der Waals surface area contributed by atoms with Crippen molar-refractivity contribution in [2.75, 3.05) is 7.11 Å². The minimum atomic E-state index is -1.27. The summed E-state index contributed by atoms with van der Waals surface area (Å²) in [4.78, 5) is 12.3. The Morgan fingerprint density at radius 1 is 1.14 bits per heavy atom. The van der Waals surface area contributed by atoms with E-state index in [1.807, 2.05) is 18.2 Å². The third-order valence-electron chi connectivity index (χ3n) is 3.30. The molecule has 0 saturated carbocycles. The van der Waals surface area contributed by atoms with Crippen molar-refractivity contribution in [2.24, 2.45) is 0 Å². The molecule has 0 saturated heterocycles. The molecule has 2 rings (SSSR count). The van der Waals surface area contributed by atoms with Crippen molar-refractivity contribution in [2.45, 2.75) is 12.0 Å². The van der Waals surface area contributed by atoms with Gasteiger partial charge in [-0.05, 0) is 29.8 Å². The lowest BCUT2D eigenvalue weighted by atomic mass is 9.89. The van der Waals surface area contributed by atoms with Gasteiger partial charge in [0, 0.05) is 5.56 Å². The second-order valence-corrected chi connectivity index (χ2v) is 4.59. The minimum Gasteiger partial charge on any atom is -0.497 e. The average Bonchev–Trinajstić information content (AvgIpc) is 2.56. The second kappa shape index (κ2) is 6.74. The van der Waals surface area contributed by atoms with Crippen LogP contribution in [0.5, 0.6) is 5.75 Å². The summed E-state index contributed by atoms with van der Waals surface area (Å²) in [6.45, 7) is 0. The maximum atomic E-state index is 12.3. The van der Waals surface area contributed by atoms with Gasteiger partial charge in [0.15, 0.2) is 5.78 Å². The van der Waals surface area contributed by atoms with Crippen LogP contribution in [-0.4, -0.2) is 24.1 Å². The molecule has 0 bridgehead atoms. The number of rotatable bonds is 5. The van der Waals surface area contributed by atoms with Crippen molar-refractivity contribution in [1.82, 2.24) is 0 Å². The highest BCUT2D eigenvalue weighted by Crippen LogP contribution is 2.22. The Morgan fingerprint density at radius 2 is 1.76 bits per heavy atom. The Hall–Kier alpha value is -2.57. The number of ketones is 1. The third kappa shape index (κ3) is 3.31. The summed E-state index contributed by atoms with van der Waals surface area (Å²) < 4.78 is 5.04. The highest BCUT2D eigenvalue weighted by Gasteiger charge is 2.26. The molecule has 2 aromatic rings. The first-order valence-corrected chi connectivity index (χ1v) is 6.54. The van der Waals surface area contributed by atoms with E-state index in [1.54, 1.807) is 43.5 Å². The Kier molecular flexibility index (Phi) is 4.76. The van der Waals surface area contributed by atoms with E-state index in [0.717, 1.165) is 5.56 Å². The maximum Gasteiger partial charge on any atom is 0.192 e. The van der Waals surface area contributed by atoms with Gasteiger partial charge in [-0.1, -0.05) is 36.3 Å². The van der Waals surface area contributed by atoms with Crippen LogP contribution in [0, 0.1) is 12.3 Å². The summed E-state index contributed by atoms with van der Waals surface area (Å²) in [5, 5.41) is 10.3. The molecule has 2 aromatic carbocycles. The summed E-state index contributed by atoms with van der Waals surface area (Å²) in [5.74, 6) is 2.08. The zero-order valence-corrected chi connectivity index (χ0v) is 11.7. The number of aliphatic hydroxyl groups excluding tert-OH is 1. The molecule has 0 heterocycles. The Balaban J connectivity index is 2.23. The number of benzene rings is 2. The number of hydrogen-bond donors (Lipinski definition) is 1. The number of carbonyl (C=O) groups is 1. The maximum absolute atomic E-state index is 12.3. The SMILES string of the molecule is C#C[C@H](c1ccccc1)[C@H](O)C(=O)c1ccc(OC)cc1. The van der Waals surface area contributed by atoms with Crippen LogP contribution in [-0.2, 0) is 0 Å². The standard InChI is InChI=1S/C18H16O3/c1-3-16(13-7-5-4-6-8-13)18(20)17(19)14-9-11-15(21-2)12-10-14/h1,4-12,16,18,20H,2H3/t16-,18+/m1/s1. The largest absolute Gasteiger partial charge is 0.497 e. The molecule has 0 aliphatic heterocycles. The lowest BCUT2D eigenvalue weighted by Gasteiger charge is -2.17. The fraction of sp³-hybridized carbons (Fsp3) is 0.167. The summed E-state index contributed by atoms with van der Waals surface area (Å²) in [6.07, 6.45) is 4.21. The van der Waals surface area contributed by atoms with Gasteiger partial charge in [0.1, 0.15) is 11.9 Å². The minimum absolute atomic E-state index is 0.399. The number of hydrogen-bond acceptors (Lipinski definition) is 3. The quantitative estimate of drug-likeness (QED) is 0.676. The van der Waals surface area contributed by atoms with Gasteiger partial charge in [-0.2, -0.15) is 0 Å². The van der Waals surface area contributed by atoms with E-state index < -0.39 is 17.8 Å². The molecule has 0 aromatic heterocycles. The number of aliphatic hydroxyl groups is 1. The average molecular weight is 280 g/mol. The molecule has 0 aliphatic rings. The summed E-state index contributed by atoms with van der Waals surface area (Å²) in [5.41, 5.74) is 1.15. The van der Waals surface area contributed by atoms with Gasteiger partial charge in [-0.15, -0.1) is 6.42 Å². The molecule has 0 fully saturated rings. The molecule has 0 radical (unpaired) electrons. The molecule has 0 spiro atoms. The summed E-state index contributed by atoms with van der Waals surface area (Å²) in [6, 6.07) is 15.7. The third-order valence-corrected chi connectivity index (χ3v) is 3.30. The molecule has 3 nitrogen and oxygen atoms in total. The number of methoxy groups -OCH3 is 1. The molecule has 3 heteroatoms. The monoisotopic (exact) mass is 280 g/mol. The van der Waals surface area contributed by atoms with Crippen molar-refractivity contribution < 1.29 is 14.6 Å². The molecule has 2 atom stereocenters. The highest BCUT2D eigenvalue weighted by atomic mass is 16.5. The van der Waals surface area contributed by atoms with Gasteiger partial charge in [-0.25, -0.2) is 0 Å². The first kappa shape index (κ1) is 14.8. The van der Waals surface area contributed by atoms with Crippen molar-refractivity contribution in [3.63, 3.8) is 0 Å². The lowest BCUT2D eigenvalue weighted by molar-refractivity contribution is 0.0725. The molecular formula is C18H16O3. The topological polar surface area (TPSA) is 46.5 Å². The molecule has 106 valence electrons. The molecule has 0 unspecified atom stereocenters. The molecule has 21 heavy (non-hydrogen) atoms. The zero-order valence-electron chi connectivity index (χ0n) is 11.7. The van der Waals surface area contributed by atoms with Crippen LogP contribution >= 0.6 is 0 Å². The van der Waals surface area contributed by atoms with Crippen molar-refractivity contribution in [3.05, 3.63) is 65.7 Å². The number of Topliss-reactive ketones (excluding diaryl/α,β-unsaturated/α-hetero) is 1. The molecule has 0 aliphatic carbocycles. The van der Waals surface area contributed by atoms with Crippen LogP contribution in [0.1, 0.15) is 21.8 Å². The number of terminal acetylenes is 1. The van der Waals surface area contributed by atoms with E-state index in [9.17, 15) is 9.90 Å². The second-order valence-electron chi connectivity index (χ2n) is 4.59. The molecule has 0 amide bonds. The van der Waals surface area contributed by atoms with Gasteiger partial charge in [0.25, 0.3) is 0 Å². The van der Waals surface area contributed by atoms with E-state index in [4.69, 9.17) is 11.2 Å². The van der Waals surface area contributed by atoms with Crippen molar-refractivity contribution in [1.29, 1.82) is 0 Å². The Morgan fingerprint density at radius 3 is 2.29 bits per heavy atom. The van der Waals surface area contributed by atoms with Gasteiger partial charge in [0.05, 0.1) is 13.0 Å². The van der Waals surface area contributed by atoms with E-state index in [1.165, 1.54) is 0 Å².